The van der Waals surface area contributed by atoms with Crippen molar-refractivity contribution in [2.75, 3.05) is 19.0 Å². The van der Waals surface area contributed by atoms with Crippen LogP contribution in [0.3, 0.4) is 0 Å². The maximum absolute atomic E-state index is 12.2. The second-order valence-corrected chi connectivity index (χ2v) is 7.11. The van der Waals surface area contributed by atoms with E-state index in [1.807, 2.05) is 31.2 Å². The average Bonchev–Trinajstić information content (AvgIpc) is 3.03. The molecule has 8 heteroatoms. The fourth-order valence-electron chi connectivity index (χ4n) is 2.55. The van der Waals surface area contributed by atoms with Gasteiger partial charge in [-0.2, -0.15) is 0 Å². The number of nitrogens with zero attached hydrogens (tertiary/aromatic N) is 1. The molecule has 0 spiro atoms. The maximum Gasteiger partial charge on any atom is 0.240 e. The zero-order valence-electron chi connectivity index (χ0n) is 15.6. The van der Waals surface area contributed by atoms with Crippen molar-refractivity contribution >= 4 is 40.1 Å². The van der Waals surface area contributed by atoms with Gasteiger partial charge in [0.05, 0.1) is 19.4 Å². The molecule has 2 N–H and O–H groups in total. The molecule has 1 atom stereocenters. The summed E-state index contributed by atoms with van der Waals surface area (Å²) in [4.78, 5) is 28.8. The van der Waals surface area contributed by atoms with Gasteiger partial charge in [-0.05, 0) is 55.5 Å². The third-order valence-corrected chi connectivity index (χ3v) is 4.98. The Labute approximate surface area is 167 Å². The number of thioether (sulfide) groups is 1. The number of nitrogens with one attached hydrogen (secondary N) is 2. The molecule has 3 rings (SSSR count). The number of ether oxygens (including phenoxy) is 2. The monoisotopic (exact) mass is 399 g/mol. The molecule has 146 valence electrons. The van der Waals surface area contributed by atoms with Gasteiger partial charge in [-0.1, -0.05) is 11.8 Å². The van der Waals surface area contributed by atoms with E-state index in [0.717, 1.165) is 5.75 Å². The first-order valence-electron chi connectivity index (χ1n) is 8.80. The van der Waals surface area contributed by atoms with Crippen molar-refractivity contribution in [1.29, 1.82) is 0 Å². The van der Waals surface area contributed by atoms with Crippen molar-refractivity contribution in [2.45, 2.75) is 18.6 Å². The van der Waals surface area contributed by atoms with Gasteiger partial charge in [-0.15, -0.1) is 0 Å². The Morgan fingerprint density at radius 2 is 1.82 bits per heavy atom. The summed E-state index contributed by atoms with van der Waals surface area (Å²) in [5, 5.41) is 5.47. The Morgan fingerprint density at radius 1 is 1.14 bits per heavy atom. The van der Waals surface area contributed by atoms with E-state index >= 15 is 0 Å². The third-order valence-electron chi connectivity index (χ3n) is 3.90. The Morgan fingerprint density at radius 3 is 2.46 bits per heavy atom. The number of rotatable bonds is 7. The quantitative estimate of drug-likeness (QED) is 0.745. The Bertz CT molecular complexity index is 866. The largest absolute Gasteiger partial charge is 0.497 e. The summed E-state index contributed by atoms with van der Waals surface area (Å²) < 4.78 is 10.5. The fourth-order valence-corrected chi connectivity index (χ4v) is 3.54. The lowest BCUT2D eigenvalue weighted by molar-refractivity contribution is -0.122. The van der Waals surface area contributed by atoms with E-state index in [0.29, 0.717) is 28.9 Å². The van der Waals surface area contributed by atoms with Crippen molar-refractivity contribution in [3.05, 3.63) is 48.5 Å². The van der Waals surface area contributed by atoms with Crippen LogP contribution in [0.1, 0.15) is 13.3 Å². The molecule has 0 bridgehead atoms. The lowest BCUT2D eigenvalue weighted by atomic mass is 10.2. The zero-order valence-corrected chi connectivity index (χ0v) is 16.4. The van der Waals surface area contributed by atoms with E-state index < -0.39 is 5.25 Å². The van der Waals surface area contributed by atoms with Crippen LogP contribution >= 0.6 is 11.8 Å². The van der Waals surface area contributed by atoms with Crippen molar-refractivity contribution in [2.24, 2.45) is 4.99 Å². The molecule has 1 aliphatic heterocycles. The molecule has 1 saturated heterocycles. The summed E-state index contributed by atoms with van der Waals surface area (Å²) in [6.45, 7) is 2.52. The van der Waals surface area contributed by atoms with Gasteiger partial charge < -0.3 is 20.1 Å². The third kappa shape index (κ3) is 5.26. The lowest BCUT2D eigenvalue weighted by Crippen LogP contribution is -2.28. The standard InChI is InChI=1S/C20H21N3O4S/c1-3-27-16-10-6-14(7-11-16)22-20-23-19(25)17(28-20)12-18(24)21-13-4-8-15(26-2)9-5-13/h4-11,17H,3,12H2,1-2H3,(H,21,24)(H,22,23,25)/t17-/m0/s1. The highest BCUT2D eigenvalue weighted by atomic mass is 32.2. The number of amides is 2. The molecular weight excluding hydrogens is 378 g/mol. The topological polar surface area (TPSA) is 89.0 Å². The van der Waals surface area contributed by atoms with Gasteiger partial charge >= 0.3 is 0 Å². The van der Waals surface area contributed by atoms with Gasteiger partial charge in [-0.3, -0.25) is 9.59 Å². The fraction of sp³-hybridized carbons (Fsp3) is 0.250. The SMILES string of the molecule is CCOc1ccc(N=C2NC(=O)[C@H](CC(=O)Nc3ccc(OC)cc3)S2)cc1. The molecule has 1 aliphatic rings. The predicted octanol–water partition coefficient (Wildman–Crippen LogP) is 3.34. The Hall–Kier alpha value is -3.00. The molecule has 0 aliphatic carbocycles. The van der Waals surface area contributed by atoms with Crippen LogP contribution < -0.4 is 20.1 Å². The van der Waals surface area contributed by atoms with Crippen LogP contribution in [0.5, 0.6) is 11.5 Å². The second kappa shape index (κ2) is 9.27. The molecule has 1 fully saturated rings. The van der Waals surface area contributed by atoms with Crippen LogP contribution in [0.25, 0.3) is 0 Å². The van der Waals surface area contributed by atoms with Gasteiger partial charge in [0.25, 0.3) is 0 Å². The highest BCUT2D eigenvalue weighted by Gasteiger charge is 2.32. The summed E-state index contributed by atoms with van der Waals surface area (Å²) in [6.07, 6.45) is 0.0603. The number of carbonyl (C=O) groups is 2. The summed E-state index contributed by atoms with van der Waals surface area (Å²) in [7, 11) is 1.58. The van der Waals surface area contributed by atoms with Crippen molar-refractivity contribution in [3.8, 4) is 11.5 Å². The number of anilines is 1. The van der Waals surface area contributed by atoms with Crippen LogP contribution in [0.4, 0.5) is 11.4 Å². The normalized spacial score (nSPS) is 17.3. The Balaban J connectivity index is 1.56. The minimum absolute atomic E-state index is 0.0603. The molecular formula is C20H21N3O4S. The summed E-state index contributed by atoms with van der Waals surface area (Å²) in [5.74, 6) is 1.02. The average molecular weight is 399 g/mol. The first-order valence-corrected chi connectivity index (χ1v) is 9.68. The van der Waals surface area contributed by atoms with Crippen LogP contribution in [0.15, 0.2) is 53.5 Å². The molecule has 0 radical (unpaired) electrons. The summed E-state index contributed by atoms with van der Waals surface area (Å²) in [6, 6.07) is 14.3. The van der Waals surface area contributed by atoms with Crippen molar-refractivity contribution < 1.29 is 19.1 Å². The molecule has 2 aromatic carbocycles. The number of carbonyl (C=O) groups excluding carboxylic acids is 2. The molecule has 2 aromatic rings. The number of hydrogen-bond donors (Lipinski definition) is 2. The van der Waals surface area contributed by atoms with Crippen LogP contribution in [0, 0.1) is 0 Å². The van der Waals surface area contributed by atoms with E-state index in [1.54, 1.807) is 31.4 Å². The highest BCUT2D eigenvalue weighted by Crippen LogP contribution is 2.26. The minimum atomic E-state index is -0.514. The number of amidine groups is 1. The highest BCUT2D eigenvalue weighted by molar-refractivity contribution is 8.15. The van der Waals surface area contributed by atoms with Gasteiger partial charge in [0.15, 0.2) is 5.17 Å². The number of aliphatic imine (C=N–C) groups is 1. The van der Waals surface area contributed by atoms with Crippen LogP contribution in [-0.4, -0.2) is 35.9 Å². The second-order valence-electron chi connectivity index (χ2n) is 5.92. The predicted molar refractivity (Wildman–Crippen MR) is 110 cm³/mol. The van der Waals surface area contributed by atoms with Gasteiger partial charge in [0.2, 0.25) is 11.8 Å². The van der Waals surface area contributed by atoms with Crippen LogP contribution in [-0.2, 0) is 9.59 Å². The van der Waals surface area contributed by atoms with Gasteiger partial charge in [-0.25, -0.2) is 4.99 Å². The van der Waals surface area contributed by atoms with E-state index in [9.17, 15) is 9.59 Å². The van der Waals surface area contributed by atoms with Crippen LogP contribution in [0.2, 0.25) is 0 Å². The molecule has 7 nitrogen and oxygen atoms in total. The van der Waals surface area contributed by atoms with E-state index in [1.165, 1.54) is 11.8 Å². The van der Waals surface area contributed by atoms with Crippen molar-refractivity contribution in [3.63, 3.8) is 0 Å². The molecule has 0 saturated carbocycles. The van der Waals surface area contributed by atoms with Gasteiger partial charge in [0, 0.05) is 12.1 Å². The zero-order chi connectivity index (χ0) is 19.9. The van der Waals surface area contributed by atoms with E-state index in [4.69, 9.17) is 9.47 Å². The first-order chi connectivity index (χ1) is 13.6. The number of methoxy groups -OCH3 is 1. The summed E-state index contributed by atoms with van der Waals surface area (Å²) in [5.41, 5.74) is 1.35. The molecule has 0 unspecified atom stereocenters. The first kappa shape index (κ1) is 19.8. The van der Waals surface area contributed by atoms with E-state index in [2.05, 4.69) is 15.6 Å². The molecule has 2 amide bonds. The summed E-state index contributed by atoms with van der Waals surface area (Å²) >= 11 is 1.25. The van der Waals surface area contributed by atoms with E-state index in [-0.39, 0.29) is 18.2 Å². The lowest BCUT2D eigenvalue weighted by Gasteiger charge is -2.08. The molecule has 1 heterocycles. The maximum atomic E-state index is 12.2. The van der Waals surface area contributed by atoms with Crippen molar-refractivity contribution in [1.82, 2.24) is 5.32 Å². The smallest absolute Gasteiger partial charge is 0.240 e. The minimum Gasteiger partial charge on any atom is -0.497 e. The molecule has 0 aromatic heterocycles. The number of benzene rings is 2. The van der Waals surface area contributed by atoms with Gasteiger partial charge in [0.1, 0.15) is 16.7 Å². The molecule has 28 heavy (non-hydrogen) atoms. The Kier molecular flexibility index (Phi) is 6.54. The number of hydrogen-bond acceptors (Lipinski definition) is 6.